The number of rotatable bonds is 6. The summed E-state index contributed by atoms with van der Waals surface area (Å²) >= 11 is 0. The van der Waals surface area contributed by atoms with Crippen LogP contribution < -0.4 is 10.3 Å². The lowest BCUT2D eigenvalue weighted by Gasteiger charge is -2.60. The van der Waals surface area contributed by atoms with Crippen molar-refractivity contribution in [2.24, 2.45) is 5.92 Å². The molecular weight excluding hydrogens is 693 g/mol. The van der Waals surface area contributed by atoms with Gasteiger partial charge in [-0.1, -0.05) is 40.5 Å². The third-order valence-electron chi connectivity index (χ3n) is 13.6. The van der Waals surface area contributed by atoms with Crippen LogP contribution >= 0.6 is 0 Å². The van der Waals surface area contributed by atoms with Gasteiger partial charge in [-0.3, -0.25) is 19.2 Å². The molecule has 0 saturated carbocycles. The van der Waals surface area contributed by atoms with Crippen LogP contribution in [-0.4, -0.2) is 67.7 Å². The lowest BCUT2D eigenvalue weighted by atomic mass is 9.71. The first-order valence-electron chi connectivity index (χ1n) is 22.1. The molecular formula is C45H62N4O6. The lowest BCUT2D eigenvalue weighted by Crippen LogP contribution is -2.69. The predicted octanol–water partition coefficient (Wildman–Crippen LogP) is 9.40. The highest BCUT2D eigenvalue weighted by Crippen LogP contribution is 2.49. The number of fused-ring (bicyclic) bond motifs is 5. The summed E-state index contributed by atoms with van der Waals surface area (Å²) in [5, 5.41) is 0.774. The average Bonchev–Trinajstić information content (AvgIpc) is 3.39. The van der Waals surface area contributed by atoms with Crippen LogP contribution in [0.25, 0.3) is 22.3 Å². The van der Waals surface area contributed by atoms with E-state index < -0.39 is 53.7 Å². The minimum atomic E-state index is -2.95. The van der Waals surface area contributed by atoms with Gasteiger partial charge in [-0.15, -0.1) is 0 Å². The van der Waals surface area contributed by atoms with Gasteiger partial charge < -0.3 is 14.2 Å². The highest BCUT2D eigenvalue weighted by atomic mass is 16.6. The number of pyridine rings is 2. The molecule has 3 aromatic rings. The van der Waals surface area contributed by atoms with Gasteiger partial charge in [0, 0.05) is 58.3 Å². The second kappa shape index (κ2) is 13.7. The summed E-state index contributed by atoms with van der Waals surface area (Å²) in [6.45, 7) is 24.3. The van der Waals surface area contributed by atoms with Crippen molar-refractivity contribution < 1.29 is 29.3 Å². The molecule has 10 nitrogen and oxygen atoms in total. The number of esters is 1. The standard InChI is InChI=1S/C45H62N4O6/c1-14-19-45(53-13)32-23-35-39-37(28(7)47(35)40(50)38(32)29(8)54-41(45)51)36(24(2)3)31-22-30(17-18-33(31)46-39)55-42(52)49-26(5)21-34(27(6)44(49,11)12)48-25(4)16-15-20-43(48,9)10/h17-18,22-29,34H,14-16,19-21H2,1-13H3/t25?,26?,27?,28?,29?,34?,45-/m0/s1/i14D2,19D2. The Bertz CT molecular complexity index is 2280. The molecule has 298 valence electrons. The highest BCUT2D eigenvalue weighted by molar-refractivity contribution is 5.91. The van der Waals surface area contributed by atoms with Crippen LogP contribution in [0.15, 0.2) is 29.1 Å². The van der Waals surface area contributed by atoms with E-state index >= 15 is 0 Å². The van der Waals surface area contributed by atoms with E-state index in [1.807, 2.05) is 17.9 Å². The first-order valence-corrected chi connectivity index (χ1v) is 20.1. The molecule has 6 unspecified atom stereocenters. The van der Waals surface area contributed by atoms with Gasteiger partial charge >= 0.3 is 12.1 Å². The number of aromatic nitrogens is 2. The summed E-state index contributed by atoms with van der Waals surface area (Å²) < 4.78 is 53.8. The Hall–Kier alpha value is -3.76. The van der Waals surface area contributed by atoms with Crippen molar-refractivity contribution in [2.45, 2.75) is 174 Å². The third kappa shape index (κ3) is 5.86. The molecule has 6 heterocycles. The Kier molecular flexibility index (Phi) is 8.60. The van der Waals surface area contributed by atoms with Gasteiger partial charge in [0.25, 0.3) is 5.56 Å². The SMILES string of the molecule is [2H]C([2H])(C)C([2H])([2H])[C@@]1(OC)C(=O)OC(C)c2c1cc1n(c2=O)C(C)c2c-1nc1ccc(OC(=O)N3C(C)CC(N4C(C)CCCC4(C)C)C(C)C3(C)C)cc1c2C(C)C. The van der Waals surface area contributed by atoms with Crippen LogP contribution in [0.4, 0.5) is 4.79 Å². The van der Waals surface area contributed by atoms with Gasteiger partial charge in [0.15, 0.2) is 5.60 Å². The molecule has 2 aromatic heterocycles. The van der Waals surface area contributed by atoms with Crippen molar-refractivity contribution in [3.05, 3.63) is 56.9 Å². The van der Waals surface area contributed by atoms with Gasteiger partial charge in [0.1, 0.15) is 11.9 Å². The summed E-state index contributed by atoms with van der Waals surface area (Å²) in [7, 11) is 1.12. The highest BCUT2D eigenvalue weighted by Gasteiger charge is 2.53. The summed E-state index contributed by atoms with van der Waals surface area (Å²) in [6, 6.07) is 7.16. The van der Waals surface area contributed by atoms with Crippen LogP contribution in [0, 0.1) is 5.92 Å². The van der Waals surface area contributed by atoms with Crippen LogP contribution in [0.2, 0.25) is 0 Å². The van der Waals surface area contributed by atoms with Crippen molar-refractivity contribution in [2.75, 3.05) is 7.11 Å². The molecule has 0 radical (unpaired) electrons. The molecule has 0 N–H and O–H groups in total. The molecule has 2 fully saturated rings. The van der Waals surface area contributed by atoms with Gasteiger partial charge in [0.2, 0.25) is 0 Å². The Balaban J connectivity index is 1.29. The number of carbonyl (C=O) groups excluding carboxylic acids is 2. The summed E-state index contributed by atoms with van der Waals surface area (Å²) in [4.78, 5) is 52.4. The van der Waals surface area contributed by atoms with E-state index in [1.165, 1.54) is 12.8 Å². The number of likely N-dealkylation sites (tertiary alicyclic amines) is 2. The van der Waals surface area contributed by atoms with E-state index in [9.17, 15) is 14.4 Å². The molecule has 4 aliphatic heterocycles. The van der Waals surface area contributed by atoms with Crippen molar-refractivity contribution in [1.82, 2.24) is 19.4 Å². The minimum Gasteiger partial charge on any atom is -0.455 e. The van der Waals surface area contributed by atoms with Gasteiger partial charge in [-0.2, -0.15) is 0 Å². The Morgan fingerprint density at radius 1 is 1.05 bits per heavy atom. The maximum absolute atomic E-state index is 14.6. The second-order valence-corrected chi connectivity index (χ2v) is 17.9. The molecule has 0 bridgehead atoms. The largest absolute Gasteiger partial charge is 0.455 e. The fraction of sp³-hybridized carbons (Fsp3) is 0.644. The molecule has 0 aliphatic carbocycles. The Labute approximate surface area is 332 Å². The number of amides is 1. The average molecular weight is 759 g/mol. The maximum atomic E-state index is 14.6. The predicted molar refractivity (Wildman–Crippen MR) is 216 cm³/mol. The molecule has 4 aliphatic rings. The van der Waals surface area contributed by atoms with E-state index in [2.05, 4.69) is 67.2 Å². The summed E-state index contributed by atoms with van der Waals surface area (Å²) in [5.41, 5.74) is -0.379. The zero-order valence-electron chi connectivity index (χ0n) is 38.9. The second-order valence-electron chi connectivity index (χ2n) is 17.9. The molecule has 2 saturated heterocycles. The summed E-state index contributed by atoms with van der Waals surface area (Å²) in [5.74, 6) is -0.607. The number of carbonyl (C=O) groups is 2. The van der Waals surface area contributed by atoms with Gasteiger partial charge in [0.05, 0.1) is 28.5 Å². The van der Waals surface area contributed by atoms with Crippen LogP contribution in [0.3, 0.4) is 0 Å². The first kappa shape index (κ1) is 34.5. The van der Waals surface area contributed by atoms with Gasteiger partial charge in [-0.25, -0.2) is 14.6 Å². The van der Waals surface area contributed by atoms with Crippen molar-refractivity contribution in [3.8, 4) is 17.1 Å². The molecule has 0 spiro atoms. The fourth-order valence-corrected chi connectivity index (χ4v) is 10.9. The lowest BCUT2D eigenvalue weighted by molar-refractivity contribution is -0.182. The first-order chi connectivity index (χ1) is 27.3. The number of methoxy groups -OCH3 is 1. The quantitative estimate of drug-likeness (QED) is 0.229. The van der Waals surface area contributed by atoms with E-state index in [0.717, 1.165) is 43.4 Å². The fourth-order valence-electron chi connectivity index (χ4n) is 10.9. The maximum Gasteiger partial charge on any atom is 0.415 e. The molecule has 1 amide bonds. The number of ether oxygens (including phenoxy) is 3. The number of nitrogens with zero attached hydrogens (tertiary/aromatic N) is 4. The monoisotopic (exact) mass is 758 g/mol. The smallest absolute Gasteiger partial charge is 0.415 e. The molecule has 7 atom stereocenters. The van der Waals surface area contributed by atoms with Crippen LogP contribution in [0.1, 0.15) is 167 Å². The van der Waals surface area contributed by atoms with E-state index in [4.69, 9.17) is 24.7 Å². The van der Waals surface area contributed by atoms with E-state index in [1.54, 1.807) is 29.7 Å². The molecule has 10 heteroatoms. The number of hydrogen-bond acceptors (Lipinski definition) is 8. The zero-order chi connectivity index (χ0) is 43.7. The molecule has 7 rings (SSSR count). The van der Waals surface area contributed by atoms with Crippen LogP contribution in [-0.2, 0) is 19.9 Å². The van der Waals surface area contributed by atoms with Crippen molar-refractivity contribution >= 4 is 23.0 Å². The number of benzene rings is 1. The molecule has 55 heavy (non-hydrogen) atoms. The molecule has 1 aromatic carbocycles. The third-order valence-corrected chi connectivity index (χ3v) is 13.6. The number of cyclic esters (lactones) is 1. The zero-order valence-corrected chi connectivity index (χ0v) is 34.9. The van der Waals surface area contributed by atoms with E-state index in [0.29, 0.717) is 34.7 Å². The minimum absolute atomic E-state index is 0.0255. The van der Waals surface area contributed by atoms with Crippen LogP contribution in [0.5, 0.6) is 5.75 Å². The summed E-state index contributed by atoms with van der Waals surface area (Å²) in [6.07, 6.45) is -2.56. The Morgan fingerprint density at radius 3 is 2.40 bits per heavy atom. The normalized spacial score (nSPS) is 31.5. The van der Waals surface area contributed by atoms with Gasteiger partial charge in [-0.05, 0) is 123 Å². The number of hydrogen-bond donors (Lipinski definition) is 0. The van der Waals surface area contributed by atoms with Crippen molar-refractivity contribution in [1.29, 1.82) is 0 Å². The Morgan fingerprint density at radius 2 is 1.76 bits per heavy atom. The number of piperidine rings is 2. The van der Waals surface area contributed by atoms with E-state index in [-0.39, 0.29) is 34.5 Å². The topological polar surface area (TPSA) is 103 Å². The van der Waals surface area contributed by atoms with Crippen molar-refractivity contribution in [3.63, 3.8) is 0 Å².